The predicted octanol–water partition coefficient (Wildman–Crippen LogP) is 10.2. The third-order valence-electron chi connectivity index (χ3n) is 12.2. The molecule has 0 saturated carbocycles. The molecule has 12 aromatic rings. The maximum absolute atomic E-state index is 6.47. The van der Waals surface area contributed by atoms with E-state index >= 15 is 0 Å². The monoisotopic (exact) mass is 942 g/mol. The SMILES string of the molecule is [Cl-].c1ccc(Oc2ccc3c(c2)-c2nc-3nc3c4cc(Oc5ccccc5)ccc4c4nc5nc(nc6c7cc(Oc8ccccc8)ccc7c(n2)[n]6[Al+][n]43)-c2ccc(Oc3ccccc3)cc2-5)cc1. The zero-order chi connectivity index (χ0) is 45.4. The zero-order valence-electron chi connectivity index (χ0n) is 36.6. The Bertz CT molecular complexity index is 3880. The molecule has 12 nitrogen and oxygen atoms in total. The van der Waals surface area contributed by atoms with Gasteiger partial charge in [0.25, 0.3) is 0 Å². The molecule has 0 radical (unpaired) electrons. The number of benzene rings is 8. The van der Waals surface area contributed by atoms with Crippen LogP contribution in [-0.2, 0) is 0 Å². The Morgan fingerprint density at radius 2 is 0.571 bits per heavy atom. The number of ether oxygens (including phenoxy) is 4. The van der Waals surface area contributed by atoms with E-state index in [0.717, 1.165) is 55.3 Å². The van der Waals surface area contributed by atoms with Crippen LogP contribution < -0.4 is 31.4 Å². The second-order valence-corrected chi connectivity index (χ2v) is 17.9. The Morgan fingerprint density at radius 3 is 0.929 bits per heavy atom. The summed E-state index contributed by atoms with van der Waals surface area (Å²) in [5.41, 5.74) is 5.86. The summed E-state index contributed by atoms with van der Waals surface area (Å²) in [5, 5.41) is 3.37. The van der Waals surface area contributed by atoms with Crippen LogP contribution in [0.3, 0.4) is 0 Å². The summed E-state index contributed by atoms with van der Waals surface area (Å²) in [6.07, 6.45) is 0. The van der Waals surface area contributed by atoms with Gasteiger partial charge in [-0.3, -0.25) is 0 Å². The summed E-state index contributed by atoms with van der Waals surface area (Å²) < 4.78 is 30.1. The van der Waals surface area contributed by atoms with Crippen molar-refractivity contribution in [1.29, 1.82) is 0 Å². The molecule has 330 valence electrons. The van der Waals surface area contributed by atoms with Crippen LogP contribution in [0, 0.1) is 0 Å². The Balaban J connectivity index is 0.00000480. The van der Waals surface area contributed by atoms with Gasteiger partial charge < -0.3 is 12.4 Å². The average Bonchev–Trinajstić information content (AvgIpc) is 4.08. The van der Waals surface area contributed by atoms with E-state index in [-0.39, 0.29) is 12.4 Å². The molecule has 8 aromatic carbocycles. The Kier molecular flexibility index (Phi) is 9.88. The summed E-state index contributed by atoms with van der Waals surface area (Å²) in [7, 11) is 0. The average molecular weight is 943 g/mol. The van der Waals surface area contributed by atoms with Gasteiger partial charge in [0, 0.05) is 0 Å². The fraction of sp³-hybridized carbons (Fsp3) is 0. The zero-order valence-corrected chi connectivity index (χ0v) is 38.6. The fourth-order valence-electron chi connectivity index (χ4n) is 9.06. The third-order valence-corrected chi connectivity index (χ3v) is 13.7. The van der Waals surface area contributed by atoms with Crippen molar-refractivity contribution in [3.63, 3.8) is 0 Å². The van der Waals surface area contributed by atoms with Crippen LogP contribution >= 0.6 is 0 Å². The van der Waals surface area contributed by atoms with Crippen LogP contribution in [0.25, 0.3) is 89.7 Å². The van der Waals surface area contributed by atoms with Crippen molar-refractivity contribution in [3.05, 3.63) is 194 Å². The van der Waals surface area contributed by atoms with Crippen LogP contribution in [0.4, 0.5) is 0 Å². The van der Waals surface area contributed by atoms with Gasteiger partial charge in [-0.1, -0.05) is 0 Å². The first-order valence-electron chi connectivity index (χ1n) is 22.3. The first kappa shape index (κ1) is 41.3. The van der Waals surface area contributed by atoms with Gasteiger partial charge in [-0.25, -0.2) is 0 Å². The molecule has 14 heteroatoms. The van der Waals surface area contributed by atoms with E-state index in [1.807, 2.05) is 194 Å². The van der Waals surface area contributed by atoms with E-state index in [4.69, 9.17) is 48.9 Å². The molecular weight excluding hydrogens is 911 g/mol. The van der Waals surface area contributed by atoms with Gasteiger partial charge in [-0.2, -0.15) is 0 Å². The van der Waals surface area contributed by atoms with Crippen LogP contribution in [0.15, 0.2) is 194 Å². The molecule has 70 heavy (non-hydrogen) atoms. The van der Waals surface area contributed by atoms with Crippen molar-refractivity contribution in [3.8, 4) is 91.5 Å². The number of hydrogen-bond donors (Lipinski definition) is 0. The summed E-state index contributed by atoms with van der Waals surface area (Å²) in [5.74, 6) is 7.48. The van der Waals surface area contributed by atoms with Gasteiger partial charge in [0.2, 0.25) is 0 Å². The minimum absolute atomic E-state index is 0. The Morgan fingerprint density at radius 1 is 0.271 bits per heavy atom. The topological polar surface area (TPSA) is 123 Å². The molecule has 0 fully saturated rings. The molecule has 0 amide bonds. The Labute approximate surface area is 410 Å². The van der Waals surface area contributed by atoms with E-state index in [9.17, 15) is 0 Å². The fourth-order valence-corrected chi connectivity index (χ4v) is 10.5. The van der Waals surface area contributed by atoms with Crippen LogP contribution in [0.5, 0.6) is 46.0 Å². The van der Waals surface area contributed by atoms with Crippen molar-refractivity contribution in [2.75, 3.05) is 0 Å². The second kappa shape index (κ2) is 16.7. The number of hydrogen-bond acceptors (Lipinski definition) is 10. The standard InChI is InChI=1S/C56H32N8O4.Al.ClH/c1-5-13-33(14-6-1)65-37-21-25-41-45(29-37)53-57-49(41)62-54-47-31-39(67-35-17-9-3-10-18-35)23-27-43(47)51(59-54)64-56-48-32-40(68-36-19-11-4-12-20-36)24-28-44(48)52(60-56)63-55-46-30-38(66-34-15-7-2-8-16-34)22-26-42(46)50(58-55)61-53;;/h1-32H;;1H/q-2;+3;/p-1. The van der Waals surface area contributed by atoms with E-state index in [0.29, 0.717) is 80.4 Å². The van der Waals surface area contributed by atoms with Crippen LogP contribution in [0.2, 0.25) is 0 Å². The molecule has 2 aliphatic heterocycles. The third kappa shape index (κ3) is 7.16. The number of nitrogens with zero attached hydrogens (tertiary/aromatic N) is 8. The number of aromatic nitrogens is 8. The normalized spacial score (nSPS) is 11.5. The summed E-state index contributed by atoms with van der Waals surface area (Å²) in [4.78, 5) is 32.4. The molecule has 2 aliphatic rings. The Hall–Kier alpha value is -8.86. The number of halogens is 1. The summed E-state index contributed by atoms with van der Waals surface area (Å²) in [6.45, 7) is 0. The first-order chi connectivity index (χ1) is 34.1. The van der Waals surface area contributed by atoms with Gasteiger partial charge in [0.15, 0.2) is 0 Å². The van der Waals surface area contributed by atoms with Crippen molar-refractivity contribution >= 4 is 59.4 Å². The van der Waals surface area contributed by atoms with E-state index in [2.05, 4.69) is 6.73 Å². The van der Waals surface area contributed by atoms with Gasteiger partial charge >= 0.3 is 401 Å². The van der Waals surface area contributed by atoms with Gasteiger partial charge in [-0.15, -0.1) is 0 Å². The van der Waals surface area contributed by atoms with Crippen molar-refractivity contribution in [1.82, 2.24) is 36.6 Å². The summed E-state index contributed by atoms with van der Waals surface area (Å²) in [6, 6.07) is 62.9. The molecule has 0 N–H and O–H groups in total. The van der Waals surface area contributed by atoms with Crippen LogP contribution in [0.1, 0.15) is 0 Å². The molecular formula is C56H32AlClN8O4. The first-order valence-corrected chi connectivity index (χ1v) is 23.4. The quantitative estimate of drug-likeness (QED) is 0.136. The van der Waals surface area contributed by atoms with Crippen LogP contribution in [-0.4, -0.2) is 51.9 Å². The minimum atomic E-state index is -0.937. The van der Waals surface area contributed by atoms with Crippen molar-refractivity contribution < 1.29 is 31.4 Å². The van der Waals surface area contributed by atoms with Gasteiger partial charge in [0.1, 0.15) is 0 Å². The molecule has 0 saturated heterocycles. The molecule has 6 bridgehead atoms. The molecule has 14 rings (SSSR count). The maximum atomic E-state index is 6.47. The molecule has 0 atom stereocenters. The van der Waals surface area contributed by atoms with Gasteiger partial charge in [0.05, 0.1) is 0 Å². The van der Waals surface area contributed by atoms with Crippen molar-refractivity contribution in [2.45, 2.75) is 0 Å². The second-order valence-electron chi connectivity index (χ2n) is 16.6. The molecule has 0 aliphatic carbocycles. The summed E-state index contributed by atoms with van der Waals surface area (Å²) >= 11 is -0.937. The number of para-hydroxylation sites is 4. The van der Waals surface area contributed by atoms with E-state index in [1.54, 1.807) is 0 Å². The number of rotatable bonds is 8. The van der Waals surface area contributed by atoms with E-state index in [1.165, 1.54) is 0 Å². The van der Waals surface area contributed by atoms with Crippen molar-refractivity contribution in [2.24, 2.45) is 0 Å². The molecule has 4 aromatic heterocycles. The molecule has 6 heterocycles. The van der Waals surface area contributed by atoms with E-state index < -0.39 is 15.2 Å². The number of fused-ring (bicyclic) bond motifs is 16. The predicted molar refractivity (Wildman–Crippen MR) is 266 cm³/mol. The van der Waals surface area contributed by atoms with Gasteiger partial charge in [-0.05, 0) is 0 Å². The molecule has 0 unspecified atom stereocenters. The molecule has 0 spiro atoms.